The number of ether oxygens (including phenoxy) is 2. The summed E-state index contributed by atoms with van der Waals surface area (Å²) in [5, 5.41) is 9.69. The van der Waals surface area contributed by atoms with Crippen LogP contribution in [0, 0.1) is 0 Å². The molecule has 0 fully saturated rings. The van der Waals surface area contributed by atoms with Gasteiger partial charge in [-0.05, 0) is 61.0 Å². The predicted molar refractivity (Wildman–Crippen MR) is 189 cm³/mol. The van der Waals surface area contributed by atoms with Gasteiger partial charge in [0.05, 0.1) is 16.7 Å². The van der Waals surface area contributed by atoms with Crippen LogP contribution in [0.5, 0.6) is 11.5 Å². The Morgan fingerprint density at radius 3 is 2.00 bits per heavy atom. The Hall–Kier alpha value is -3.59. The van der Waals surface area contributed by atoms with Crippen LogP contribution in [0.15, 0.2) is 71.5 Å². The second-order valence-corrected chi connectivity index (χ2v) is 12.4. The van der Waals surface area contributed by atoms with Gasteiger partial charge in [-0.15, -0.1) is 0 Å². The smallest absolute Gasteiger partial charge is 0.273 e. The Kier molecular flexibility index (Phi) is 14.2. The Labute approximate surface area is 285 Å². The average molecular weight is 688 g/mol. The maximum Gasteiger partial charge on any atom is 0.273 e. The topological polar surface area (TPSA) is 97.4 Å². The molecule has 0 radical (unpaired) electrons. The van der Waals surface area contributed by atoms with Crippen molar-refractivity contribution in [2.75, 3.05) is 23.8 Å². The molecule has 11 heteroatoms. The van der Waals surface area contributed by atoms with Crippen LogP contribution in [0.1, 0.15) is 71.1 Å². The van der Waals surface area contributed by atoms with Gasteiger partial charge >= 0.3 is 0 Å². The molecule has 1 heterocycles. The molecule has 4 rings (SSSR count). The van der Waals surface area contributed by atoms with E-state index in [4.69, 9.17) is 44.3 Å². The van der Waals surface area contributed by atoms with Gasteiger partial charge in [0.2, 0.25) is 0 Å². The molecule has 0 aliphatic carbocycles. The summed E-state index contributed by atoms with van der Waals surface area (Å²) in [7, 11) is 0. The minimum Gasteiger partial charge on any atom is -0.494 e. The van der Waals surface area contributed by atoms with E-state index in [0.29, 0.717) is 40.3 Å². The van der Waals surface area contributed by atoms with Gasteiger partial charge in [0.15, 0.2) is 6.61 Å². The molecule has 3 N–H and O–H groups in total. The maximum atomic E-state index is 12.6. The average Bonchev–Trinajstić information content (AvgIpc) is 3.37. The summed E-state index contributed by atoms with van der Waals surface area (Å²) in [5.41, 5.74) is 1.11. The third-order valence-electron chi connectivity index (χ3n) is 7.31. The first-order valence-electron chi connectivity index (χ1n) is 15.8. The lowest BCUT2D eigenvalue weighted by atomic mass is 10.1. The number of rotatable bonds is 19. The van der Waals surface area contributed by atoms with Crippen LogP contribution in [-0.4, -0.2) is 28.9 Å². The molecule has 0 unspecified atom stereocenters. The van der Waals surface area contributed by atoms with Crippen molar-refractivity contribution in [2.24, 2.45) is 0 Å². The van der Waals surface area contributed by atoms with Gasteiger partial charge in [-0.1, -0.05) is 106 Å². The number of aromatic nitrogens is 2. The standard InChI is InChI=1S/C35H41Cl3N4O4/c1-2-3-4-5-6-7-8-9-10-11-19-45-28-15-17-29(18-16-28)46-24-33(43)40-27-14-12-13-26(22-27)39-32-23-34(44)42(41-32)35-30(37)20-25(36)21-31(35)38/h12-18,20-23,39,41H,2-11,19,24H2,1H3,(H,40,43). The number of benzene rings is 3. The first-order valence-corrected chi connectivity index (χ1v) is 17.0. The van der Waals surface area contributed by atoms with Crippen LogP contribution < -0.4 is 25.7 Å². The zero-order chi connectivity index (χ0) is 32.7. The van der Waals surface area contributed by atoms with Crippen LogP contribution in [-0.2, 0) is 4.79 Å². The first-order chi connectivity index (χ1) is 22.3. The number of aromatic amines is 1. The van der Waals surface area contributed by atoms with Crippen molar-refractivity contribution in [3.63, 3.8) is 0 Å². The summed E-state index contributed by atoms with van der Waals surface area (Å²) in [6, 6.07) is 18.7. The van der Waals surface area contributed by atoms with Gasteiger partial charge in [0.1, 0.15) is 23.0 Å². The number of carbonyl (C=O) groups excluding carboxylic acids is 1. The quantitative estimate of drug-likeness (QED) is 0.0853. The van der Waals surface area contributed by atoms with Gasteiger partial charge in [0, 0.05) is 22.5 Å². The van der Waals surface area contributed by atoms with Crippen molar-refractivity contribution in [2.45, 2.75) is 71.1 Å². The van der Waals surface area contributed by atoms with E-state index < -0.39 is 0 Å². The Bertz CT molecular complexity index is 1580. The third kappa shape index (κ3) is 11.3. The summed E-state index contributed by atoms with van der Waals surface area (Å²) in [6.45, 7) is 2.79. The zero-order valence-corrected chi connectivity index (χ0v) is 28.3. The predicted octanol–water partition coefficient (Wildman–Crippen LogP) is 10.2. The molecule has 0 spiro atoms. The highest BCUT2D eigenvalue weighted by Crippen LogP contribution is 2.31. The van der Waals surface area contributed by atoms with Crippen molar-refractivity contribution < 1.29 is 14.3 Å². The molecule has 4 aromatic rings. The Morgan fingerprint density at radius 2 is 1.35 bits per heavy atom. The fourth-order valence-corrected chi connectivity index (χ4v) is 5.95. The van der Waals surface area contributed by atoms with E-state index in [1.165, 1.54) is 80.7 Å². The molecule has 246 valence electrons. The highest BCUT2D eigenvalue weighted by Gasteiger charge is 2.14. The van der Waals surface area contributed by atoms with Crippen LogP contribution in [0.25, 0.3) is 5.69 Å². The van der Waals surface area contributed by atoms with Gasteiger partial charge in [0.25, 0.3) is 11.5 Å². The van der Waals surface area contributed by atoms with Crippen LogP contribution >= 0.6 is 34.8 Å². The van der Waals surface area contributed by atoms with Crippen molar-refractivity contribution in [1.29, 1.82) is 0 Å². The minimum atomic E-state index is -0.371. The van der Waals surface area contributed by atoms with Gasteiger partial charge in [-0.25, -0.2) is 4.68 Å². The highest BCUT2D eigenvalue weighted by atomic mass is 35.5. The molecule has 1 aromatic heterocycles. The molecule has 0 atom stereocenters. The molecule has 0 saturated carbocycles. The second kappa shape index (κ2) is 18.5. The maximum absolute atomic E-state index is 12.6. The fourth-order valence-electron chi connectivity index (χ4n) is 4.96. The second-order valence-electron chi connectivity index (χ2n) is 11.1. The van der Waals surface area contributed by atoms with Crippen molar-refractivity contribution in [3.05, 3.63) is 92.2 Å². The van der Waals surface area contributed by atoms with Gasteiger partial charge < -0.3 is 20.1 Å². The molecule has 3 aromatic carbocycles. The van der Waals surface area contributed by atoms with Crippen LogP contribution in [0.3, 0.4) is 0 Å². The zero-order valence-electron chi connectivity index (χ0n) is 26.1. The molecule has 8 nitrogen and oxygen atoms in total. The van der Waals surface area contributed by atoms with Gasteiger partial charge in [-0.3, -0.25) is 14.7 Å². The number of unbranched alkanes of at least 4 members (excludes halogenated alkanes) is 9. The summed E-state index contributed by atoms with van der Waals surface area (Å²) in [6.07, 6.45) is 12.9. The lowest BCUT2D eigenvalue weighted by Crippen LogP contribution is -2.20. The molecule has 0 saturated heterocycles. The highest BCUT2D eigenvalue weighted by molar-refractivity contribution is 6.40. The Morgan fingerprint density at radius 1 is 0.761 bits per heavy atom. The summed E-state index contributed by atoms with van der Waals surface area (Å²) < 4.78 is 12.7. The number of hydrogen-bond acceptors (Lipinski definition) is 5. The largest absolute Gasteiger partial charge is 0.494 e. The number of anilines is 3. The number of nitrogens with one attached hydrogen (secondary N) is 3. The molecular weight excluding hydrogens is 647 g/mol. The first kappa shape index (κ1) is 35.3. The molecule has 1 amide bonds. The van der Waals surface area contributed by atoms with Crippen LogP contribution in [0.4, 0.5) is 17.2 Å². The number of halogens is 3. The van der Waals surface area contributed by atoms with E-state index >= 15 is 0 Å². The number of carbonyl (C=O) groups is 1. The number of hydrogen-bond donors (Lipinski definition) is 3. The number of H-pyrrole nitrogens is 1. The Balaban J connectivity index is 1.17. The van der Waals surface area contributed by atoms with Crippen molar-refractivity contribution >= 4 is 57.9 Å². The number of amides is 1. The van der Waals surface area contributed by atoms with Crippen LogP contribution in [0.2, 0.25) is 15.1 Å². The SMILES string of the molecule is CCCCCCCCCCCCOc1ccc(OCC(=O)Nc2cccc(Nc3cc(=O)n(-c4c(Cl)cc(Cl)cc4Cl)[nH]3)c2)cc1. The van der Waals surface area contributed by atoms with E-state index in [-0.39, 0.29) is 28.1 Å². The lowest BCUT2D eigenvalue weighted by Gasteiger charge is -2.11. The molecular formula is C35H41Cl3N4O4. The summed E-state index contributed by atoms with van der Waals surface area (Å²) in [4.78, 5) is 25.2. The number of nitrogens with zero attached hydrogens (tertiary/aromatic N) is 1. The summed E-state index contributed by atoms with van der Waals surface area (Å²) in [5.74, 6) is 1.44. The van der Waals surface area contributed by atoms with E-state index in [2.05, 4.69) is 22.7 Å². The van der Waals surface area contributed by atoms with Gasteiger partial charge in [-0.2, -0.15) is 0 Å². The molecule has 0 bridgehead atoms. The lowest BCUT2D eigenvalue weighted by molar-refractivity contribution is -0.118. The molecule has 0 aliphatic rings. The van der Waals surface area contributed by atoms with E-state index in [9.17, 15) is 9.59 Å². The van der Waals surface area contributed by atoms with Crippen molar-refractivity contribution in [1.82, 2.24) is 9.78 Å². The minimum absolute atomic E-state index is 0.157. The monoisotopic (exact) mass is 686 g/mol. The molecule has 0 aliphatic heterocycles. The van der Waals surface area contributed by atoms with E-state index in [0.717, 1.165) is 12.2 Å². The summed E-state index contributed by atoms with van der Waals surface area (Å²) >= 11 is 18.5. The van der Waals surface area contributed by atoms with E-state index in [1.54, 1.807) is 36.4 Å². The fraction of sp³-hybridized carbons (Fsp3) is 0.371. The normalized spacial score (nSPS) is 11.0. The molecule has 46 heavy (non-hydrogen) atoms. The van der Waals surface area contributed by atoms with Crippen molar-refractivity contribution in [3.8, 4) is 17.2 Å². The van der Waals surface area contributed by atoms with E-state index in [1.807, 2.05) is 12.1 Å². The third-order valence-corrected chi connectivity index (χ3v) is 8.11.